The van der Waals surface area contributed by atoms with Gasteiger partial charge >= 0.3 is 20.2 Å². The van der Waals surface area contributed by atoms with E-state index in [2.05, 4.69) is 8.37 Å². The van der Waals surface area contributed by atoms with Crippen molar-refractivity contribution in [1.82, 2.24) is 0 Å². The van der Waals surface area contributed by atoms with Crippen molar-refractivity contribution in [1.29, 1.82) is 0 Å². The van der Waals surface area contributed by atoms with E-state index in [9.17, 15) is 34.4 Å². The lowest BCUT2D eigenvalue weighted by Crippen LogP contribution is -2.25. The van der Waals surface area contributed by atoms with Gasteiger partial charge in [-0.05, 0) is 0 Å². The Hall–Kier alpha value is -0.460. The number of alkyl halides is 4. The fourth-order valence-electron chi connectivity index (χ4n) is 0.602. The third-order valence-electron chi connectivity index (χ3n) is 1.45. The van der Waals surface area contributed by atoms with Crippen LogP contribution in [-0.2, 0) is 28.6 Å². The van der Waals surface area contributed by atoms with Gasteiger partial charge in [0, 0.05) is 0 Å². The van der Waals surface area contributed by atoms with Crippen molar-refractivity contribution in [3.8, 4) is 0 Å². The van der Waals surface area contributed by atoms with Crippen LogP contribution in [0.1, 0.15) is 0 Å². The van der Waals surface area contributed by atoms with Crippen molar-refractivity contribution in [2.45, 2.75) is 11.0 Å². The van der Waals surface area contributed by atoms with Gasteiger partial charge in [0.25, 0.3) is 11.0 Å². The molecule has 0 saturated carbocycles. The first kappa shape index (κ1) is 17.5. The van der Waals surface area contributed by atoms with Crippen molar-refractivity contribution in [3.05, 3.63) is 0 Å². The van der Waals surface area contributed by atoms with E-state index in [0.29, 0.717) is 0 Å². The quantitative estimate of drug-likeness (QED) is 0.343. The first-order valence-corrected chi connectivity index (χ1v) is 7.28. The molecular formula is C6H10F4O6S2. The van der Waals surface area contributed by atoms with Crippen LogP contribution >= 0.6 is 0 Å². The van der Waals surface area contributed by atoms with Crippen LogP contribution < -0.4 is 0 Å². The summed E-state index contributed by atoms with van der Waals surface area (Å²) < 4.78 is 98.6. The van der Waals surface area contributed by atoms with Gasteiger partial charge in [-0.15, -0.1) is 0 Å². The van der Waals surface area contributed by atoms with Crippen LogP contribution in [0, 0.1) is 0 Å². The van der Waals surface area contributed by atoms with Gasteiger partial charge in [-0.3, -0.25) is 8.37 Å². The standard InChI is InChI=1S/C6H10F4O6S2/c7-3-5(9)17(11,12)15-1-2-16-18(13,14)6(10)4-8/h5-6H,1-4H2. The van der Waals surface area contributed by atoms with E-state index in [0.717, 1.165) is 0 Å². The van der Waals surface area contributed by atoms with E-state index in [1.165, 1.54) is 0 Å². The molecule has 2 unspecified atom stereocenters. The second kappa shape index (κ2) is 7.21. The molecule has 0 aliphatic carbocycles. The molecule has 0 aromatic carbocycles. The summed E-state index contributed by atoms with van der Waals surface area (Å²) in [6.45, 7) is -5.65. The molecule has 12 heteroatoms. The van der Waals surface area contributed by atoms with E-state index in [1.807, 2.05) is 0 Å². The van der Waals surface area contributed by atoms with Gasteiger partial charge in [-0.25, -0.2) is 17.6 Å². The average Bonchev–Trinajstić information content (AvgIpc) is 2.32. The summed E-state index contributed by atoms with van der Waals surface area (Å²) in [6.07, 6.45) is 0. The Kier molecular flexibility index (Phi) is 7.02. The molecule has 110 valence electrons. The van der Waals surface area contributed by atoms with Gasteiger partial charge in [-0.2, -0.15) is 16.8 Å². The molecule has 0 N–H and O–H groups in total. The maximum Gasteiger partial charge on any atom is 0.302 e. The van der Waals surface area contributed by atoms with Crippen LogP contribution in [0.2, 0.25) is 0 Å². The maximum atomic E-state index is 12.4. The monoisotopic (exact) mass is 318 g/mol. The van der Waals surface area contributed by atoms with Crippen molar-refractivity contribution in [2.24, 2.45) is 0 Å². The van der Waals surface area contributed by atoms with E-state index >= 15 is 0 Å². The molecule has 0 bridgehead atoms. The van der Waals surface area contributed by atoms with Crippen LogP contribution in [0.5, 0.6) is 0 Å². The topological polar surface area (TPSA) is 86.7 Å². The van der Waals surface area contributed by atoms with Gasteiger partial charge in [0.1, 0.15) is 13.3 Å². The lowest BCUT2D eigenvalue weighted by Gasteiger charge is -2.08. The fraction of sp³-hybridized carbons (Fsp3) is 1.00. The number of hydrogen-bond acceptors (Lipinski definition) is 6. The third-order valence-corrected chi connectivity index (χ3v) is 3.94. The SMILES string of the molecule is O=S(=O)(OCCOS(=O)(=O)C(F)CF)C(F)CF. The lowest BCUT2D eigenvalue weighted by molar-refractivity contribution is 0.199. The first-order valence-electron chi connectivity index (χ1n) is 4.34. The van der Waals surface area contributed by atoms with Crippen LogP contribution in [-0.4, -0.2) is 54.4 Å². The smallest absolute Gasteiger partial charge is 0.265 e. The zero-order valence-electron chi connectivity index (χ0n) is 8.76. The Bertz CT molecular complexity index is 393. The van der Waals surface area contributed by atoms with Crippen molar-refractivity contribution in [2.75, 3.05) is 26.6 Å². The van der Waals surface area contributed by atoms with Crippen molar-refractivity contribution in [3.63, 3.8) is 0 Å². The molecule has 0 fully saturated rings. The highest BCUT2D eigenvalue weighted by Crippen LogP contribution is 2.09. The molecule has 0 rings (SSSR count). The molecule has 0 spiro atoms. The molecule has 0 amide bonds. The molecule has 0 aliphatic rings. The summed E-state index contributed by atoms with van der Waals surface area (Å²) in [5.41, 5.74) is -5.82. The largest absolute Gasteiger partial charge is 0.302 e. The highest BCUT2D eigenvalue weighted by molar-refractivity contribution is 7.87. The second-order valence-electron chi connectivity index (χ2n) is 2.76. The molecule has 18 heavy (non-hydrogen) atoms. The molecule has 0 heterocycles. The van der Waals surface area contributed by atoms with Crippen molar-refractivity contribution >= 4 is 20.2 Å². The zero-order chi connectivity index (χ0) is 14.4. The average molecular weight is 318 g/mol. The summed E-state index contributed by atoms with van der Waals surface area (Å²) >= 11 is 0. The third kappa shape index (κ3) is 5.46. The molecule has 0 aromatic heterocycles. The molecular weight excluding hydrogens is 308 g/mol. The minimum Gasteiger partial charge on any atom is -0.265 e. The van der Waals surface area contributed by atoms with Gasteiger partial charge < -0.3 is 0 Å². The van der Waals surface area contributed by atoms with E-state index < -0.39 is 57.8 Å². The van der Waals surface area contributed by atoms with E-state index in [1.54, 1.807) is 0 Å². The molecule has 2 atom stereocenters. The Labute approximate surface area is 101 Å². The Morgan fingerprint density at radius 3 is 1.28 bits per heavy atom. The van der Waals surface area contributed by atoms with Crippen LogP contribution in [0.25, 0.3) is 0 Å². The minimum atomic E-state index is -4.84. The predicted molar refractivity (Wildman–Crippen MR) is 51.5 cm³/mol. The van der Waals surface area contributed by atoms with Gasteiger partial charge in [0.2, 0.25) is 0 Å². The Morgan fingerprint density at radius 2 is 1.06 bits per heavy atom. The van der Waals surface area contributed by atoms with Crippen LogP contribution in [0.4, 0.5) is 17.6 Å². The minimum absolute atomic E-state index is 0.985. The highest BCUT2D eigenvalue weighted by atomic mass is 32.2. The van der Waals surface area contributed by atoms with Crippen molar-refractivity contribution < 1.29 is 42.8 Å². The molecule has 0 radical (unpaired) electrons. The fourth-order valence-corrected chi connectivity index (χ4v) is 1.81. The Balaban J connectivity index is 4.17. The molecule has 0 saturated heterocycles. The zero-order valence-corrected chi connectivity index (χ0v) is 10.4. The second-order valence-corrected chi connectivity index (χ2v) is 6.22. The van der Waals surface area contributed by atoms with E-state index in [4.69, 9.17) is 0 Å². The number of halogens is 4. The normalized spacial score (nSPS) is 16.4. The predicted octanol–water partition coefficient (Wildman–Crippen LogP) is 0.209. The summed E-state index contributed by atoms with van der Waals surface area (Å²) in [7, 11) is -9.68. The van der Waals surface area contributed by atoms with E-state index in [-0.39, 0.29) is 0 Å². The number of hydrogen-bond donors (Lipinski definition) is 0. The summed E-state index contributed by atoms with van der Waals surface area (Å²) in [6, 6.07) is 0. The summed E-state index contributed by atoms with van der Waals surface area (Å²) in [5, 5.41) is 0. The molecule has 0 aromatic rings. The summed E-state index contributed by atoms with van der Waals surface area (Å²) in [5.74, 6) is 0. The van der Waals surface area contributed by atoms with Crippen LogP contribution in [0.3, 0.4) is 0 Å². The maximum absolute atomic E-state index is 12.4. The highest BCUT2D eigenvalue weighted by Gasteiger charge is 2.28. The summed E-state index contributed by atoms with van der Waals surface area (Å²) in [4.78, 5) is 0. The molecule has 0 aliphatic heterocycles. The molecule has 6 nitrogen and oxygen atoms in total. The van der Waals surface area contributed by atoms with Crippen LogP contribution in [0.15, 0.2) is 0 Å². The van der Waals surface area contributed by atoms with Gasteiger partial charge in [-0.1, -0.05) is 0 Å². The first-order chi connectivity index (χ1) is 8.17. The van der Waals surface area contributed by atoms with Gasteiger partial charge in [0.05, 0.1) is 13.2 Å². The lowest BCUT2D eigenvalue weighted by atomic mass is 10.8. The van der Waals surface area contributed by atoms with Gasteiger partial charge in [0.15, 0.2) is 0 Å². The number of rotatable bonds is 9. The Morgan fingerprint density at radius 1 is 0.778 bits per heavy atom.